The zero-order valence-electron chi connectivity index (χ0n) is 11.0. The Kier molecular flexibility index (Phi) is 4.35. The summed E-state index contributed by atoms with van der Waals surface area (Å²) in [5, 5.41) is 15.8. The Balaban J connectivity index is 1.60. The molecule has 112 valence electrons. The molecule has 0 saturated carbocycles. The van der Waals surface area contributed by atoms with Crippen molar-refractivity contribution in [3.63, 3.8) is 0 Å². The van der Waals surface area contributed by atoms with Crippen LogP contribution >= 0.6 is 23.4 Å². The summed E-state index contributed by atoms with van der Waals surface area (Å²) >= 11 is 7.18. The average molecular weight is 337 g/mol. The minimum absolute atomic E-state index is 0.113. The fraction of sp³-hybridized carbons (Fsp3) is 0.0833. The van der Waals surface area contributed by atoms with E-state index in [0.29, 0.717) is 16.5 Å². The molecule has 3 aromatic rings. The summed E-state index contributed by atoms with van der Waals surface area (Å²) in [4.78, 5) is 11.7. The van der Waals surface area contributed by atoms with Crippen molar-refractivity contribution in [2.45, 2.75) is 5.22 Å². The first kappa shape index (κ1) is 14.5. The number of nitrogens with zero attached hydrogens (tertiary/aromatic N) is 5. The highest BCUT2D eigenvalue weighted by Crippen LogP contribution is 2.28. The number of benzene rings is 1. The number of nitrogens with one attached hydrogen (secondary N) is 1. The number of aromatic nitrogens is 5. The van der Waals surface area contributed by atoms with Gasteiger partial charge in [0.1, 0.15) is 12.7 Å². The number of amides is 1. The first-order valence-corrected chi connectivity index (χ1v) is 7.44. The minimum Gasteiger partial charge on any atom is -0.411 e. The van der Waals surface area contributed by atoms with Gasteiger partial charge in [0.15, 0.2) is 0 Å². The molecule has 0 radical (unpaired) electrons. The van der Waals surface area contributed by atoms with Crippen molar-refractivity contribution in [3.05, 3.63) is 41.9 Å². The third kappa shape index (κ3) is 3.43. The number of halogens is 1. The Bertz CT molecular complexity index is 776. The van der Waals surface area contributed by atoms with Crippen LogP contribution in [0.5, 0.6) is 0 Å². The number of rotatable bonds is 5. The van der Waals surface area contributed by atoms with E-state index in [-0.39, 0.29) is 16.9 Å². The van der Waals surface area contributed by atoms with Crippen molar-refractivity contribution in [1.29, 1.82) is 0 Å². The van der Waals surface area contributed by atoms with Gasteiger partial charge in [-0.05, 0) is 12.1 Å². The number of carbonyl (C=O) groups is 1. The highest BCUT2D eigenvalue weighted by molar-refractivity contribution is 7.99. The van der Waals surface area contributed by atoms with E-state index in [1.807, 2.05) is 12.1 Å². The van der Waals surface area contributed by atoms with E-state index >= 15 is 0 Å². The maximum Gasteiger partial charge on any atom is 0.277 e. The first-order chi connectivity index (χ1) is 10.7. The van der Waals surface area contributed by atoms with Gasteiger partial charge in [-0.25, -0.2) is 4.68 Å². The predicted molar refractivity (Wildman–Crippen MR) is 79.9 cm³/mol. The van der Waals surface area contributed by atoms with Gasteiger partial charge in [-0.1, -0.05) is 35.5 Å². The lowest BCUT2D eigenvalue weighted by Gasteiger charge is -2.02. The van der Waals surface area contributed by atoms with Crippen LogP contribution in [0.1, 0.15) is 0 Å². The predicted octanol–water partition coefficient (Wildman–Crippen LogP) is 1.84. The molecule has 0 aliphatic heterocycles. The summed E-state index contributed by atoms with van der Waals surface area (Å²) in [7, 11) is 0. The van der Waals surface area contributed by atoms with Gasteiger partial charge in [0.2, 0.25) is 11.8 Å². The van der Waals surface area contributed by atoms with Crippen molar-refractivity contribution >= 4 is 29.3 Å². The van der Waals surface area contributed by atoms with Crippen LogP contribution in [0, 0.1) is 0 Å². The number of hydrogen-bond acceptors (Lipinski definition) is 7. The number of hydrogen-bond donors (Lipinski definition) is 1. The molecule has 0 fully saturated rings. The van der Waals surface area contributed by atoms with E-state index in [1.165, 1.54) is 17.3 Å². The molecule has 3 rings (SSSR count). The molecule has 0 bridgehead atoms. The van der Waals surface area contributed by atoms with E-state index in [0.717, 1.165) is 11.8 Å². The molecule has 0 aliphatic carbocycles. The largest absolute Gasteiger partial charge is 0.411 e. The van der Waals surface area contributed by atoms with Crippen LogP contribution < -0.4 is 5.43 Å². The Morgan fingerprint density at radius 2 is 2.05 bits per heavy atom. The molecule has 0 spiro atoms. The van der Waals surface area contributed by atoms with Gasteiger partial charge in [-0.2, -0.15) is 0 Å². The third-order valence-electron chi connectivity index (χ3n) is 2.51. The van der Waals surface area contributed by atoms with Gasteiger partial charge in [-0.15, -0.1) is 20.4 Å². The van der Waals surface area contributed by atoms with Crippen molar-refractivity contribution in [3.8, 4) is 11.5 Å². The smallest absolute Gasteiger partial charge is 0.277 e. The molecule has 1 aromatic carbocycles. The van der Waals surface area contributed by atoms with Gasteiger partial charge in [0, 0.05) is 0 Å². The van der Waals surface area contributed by atoms with Crippen LogP contribution in [-0.2, 0) is 4.79 Å². The summed E-state index contributed by atoms with van der Waals surface area (Å²) in [6.07, 6.45) is 2.76. The van der Waals surface area contributed by atoms with Gasteiger partial charge in [-0.3, -0.25) is 10.2 Å². The molecular formula is C12H9ClN6O2S. The molecular weight excluding hydrogens is 328 g/mol. The maximum absolute atomic E-state index is 11.7. The van der Waals surface area contributed by atoms with E-state index in [9.17, 15) is 4.79 Å². The van der Waals surface area contributed by atoms with E-state index < -0.39 is 0 Å². The number of carbonyl (C=O) groups excluding carboxylic acids is 1. The molecule has 8 nitrogen and oxygen atoms in total. The second kappa shape index (κ2) is 6.58. The highest BCUT2D eigenvalue weighted by Gasteiger charge is 2.13. The SMILES string of the molecule is O=C(CSc1nnc(-c2ccccc2Cl)o1)Nn1cnnc1. The lowest BCUT2D eigenvalue weighted by atomic mass is 10.2. The standard InChI is InChI=1S/C12H9ClN6O2S/c13-9-4-2-1-3-8(9)11-16-17-12(21-11)22-5-10(20)18-19-6-14-15-7-19/h1-4,6-7H,5H2,(H,18,20). The van der Waals surface area contributed by atoms with Crippen LogP contribution in [0.25, 0.3) is 11.5 Å². The molecule has 1 amide bonds. The van der Waals surface area contributed by atoms with Crippen LogP contribution in [0.2, 0.25) is 5.02 Å². The molecule has 0 atom stereocenters. The topological polar surface area (TPSA) is 98.7 Å². The third-order valence-corrected chi connectivity index (χ3v) is 3.66. The average Bonchev–Trinajstić information content (AvgIpc) is 3.17. The van der Waals surface area contributed by atoms with Crippen LogP contribution in [0.15, 0.2) is 46.6 Å². The zero-order chi connectivity index (χ0) is 15.4. The molecule has 0 unspecified atom stereocenters. The molecule has 10 heteroatoms. The minimum atomic E-state index is -0.248. The van der Waals surface area contributed by atoms with Crippen molar-refractivity contribution in [1.82, 2.24) is 25.1 Å². The Morgan fingerprint density at radius 1 is 1.27 bits per heavy atom. The zero-order valence-corrected chi connectivity index (χ0v) is 12.6. The van der Waals surface area contributed by atoms with Crippen LogP contribution in [0.4, 0.5) is 0 Å². The maximum atomic E-state index is 11.7. The summed E-state index contributed by atoms with van der Waals surface area (Å²) in [6.45, 7) is 0. The quantitative estimate of drug-likeness (QED) is 0.710. The lowest BCUT2D eigenvalue weighted by Crippen LogP contribution is -2.23. The fourth-order valence-corrected chi connectivity index (χ4v) is 2.35. The van der Waals surface area contributed by atoms with Crippen molar-refractivity contribution in [2.75, 3.05) is 11.2 Å². The summed E-state index contributed by atoms with van der Waals surface area (Å²) in [6, 6.07) is 7.15. The summed E-state index contributed by atoms with van der Waals surface area (Å²) in [5.74, 6) is 0.178. The van der Waals surface area contributed by atoms with Gasteiger partial charge in [0.25, 0.3) is 5.22 Å². The number of thioether (sulfide) groups is 1. The summed E-state index contributed by atoms with van der Waals surface area (Å²) < 4.78 is 6.83. The second-order valence-electron chi connectivity index (χ2n) is 4.05. The second-order valence-corrected chi connectivity index (χ2v) is 5.38. The van der Waals surface area contributed by atoms with Crippen molar-refractivity contribution < 1.29 is 9.21 Å². The van der Waals surface area contributed by atoms with Gasteiger partial charge < -0.3 is 4.42 Å². The summed E-state index contributed by atoms with van der Waals surface area (Å²) in [5.41, 5.74) is 3.21. The van der Waals surface area contributed by atoms with E-state index in [1.54, 1.807) is 12.1 Å². The normalized spacial score (nSPS) is 10.6. The molecule has 0 saturated heterocycles. The monoisotopic (exact) mass is 336 g/mol. The molecule has 22 heavy (non-hydrogen) atoms. The molecule has 1 N–H and O–H groups in total. The lowest BCUT2D eigenvalue weighted by molar-refractivity contribution is -0.114. The van der Waals surface area contributed by atoms with E-state index in [2.05, 4.69) is 25.8 Å². The Morgan fingerprint density at radius 3 is 2.82 bits per heavy atom. The van der Waals surface area contributed by atoms with Gasteiger partial charge >= 0.3 is 0 Å². The molecule has 0 aliphatic rings. The molecule has 2 aromatic heterocycles. The molecule has 2 heterocycles. The Labute approximate surface area is 133 Å². The highest BCUT2D eigenvalue weighted by atomic mass is 35.5. The van der Waals surface area contributed by atoms with Crippen molar-refractivity contribution in [2.24, 2.45) is 0 Å². The fourth-order valence-electron chi connectivity index (χ4n) is 1.57. The Hall–Kier alpha value is -2.39. The van der Waals surface area contributed by atoms with E-state index in [4.69, 9.17) is 16.0 Å². The first-order valence-electron chi connectivity index (χ1n) is 6.08. The van der Waals surface area contributed by atoms with Gasteiger partial charge in [0.05, 0.1) is 16.3 Å². The van der Waals surface area contributed by atoms with Crippen LogP contribution in [-0.4, -0.2) is 36.7 Å². The van der Waals surface area contributed by atoms with Crippen LogP contribution in [0.3, 0.4) is 0 Å².